The van der Waals surface area contributed by atoms with E-state index in [0.717, 1.165) is 12.8 Å². The Kier molecular flexibility index (Phi) is 5.21. The number of rotatable bonds is 4. The minimum Gasteiger partial charge on any atom is -0.281 e. The second-order valence-corrected chi connectivity index (χ2v) is 3.19. The van der Waals surface area contributed by atoms with E-state index in [-0.39, 0.29) is 10.6 Å². The fourth-order valence-electron chi connectivity index (χ4n) is 0.522. The van der Waals surface area contributed by atoms with Crippen molar-refractivity contribution in [1.82, 2.24) is 0 Å². The molecule has 0 radical (unpaired) electrons. The van der Waals surface area contributed by atoms with Crippen LogP contribution in [0.3, 0.4) is 0 Å². The van der Waals surface area contributed by atoms with Crippen LogP contribution in [0.25, 0.3) is 0 Å². The molecule has 0 unspecified atom stereocenters. The quantitative estimate of drug-likeness (QED) is 0.466. The van der Waals surface area contributed by atoms with E-state index in [1.165, 1.54) is 0 Å². The van der Waals surface area contributed by atoms with Gasteiger partial charge >= 0.3 is 0 Å². The van der Waals surface area contributed by atoms with Crippen LogP contribution in [-0.2, 0) is 4.79 Å². The summed E-state index contributed by atoms with van der Waals surface area (Å²) >= 11 is 10.7. The van der Waals surface area contributed by atoms with E-state index in [1.807, 2.05) is 6.92 Å². The molecule has 0 aliphatic rings. The van der Waals surface area contributed by atoms with Crippen LogP contribution in [0, 0.1) is 0 Å². The molecule has 0 spiro atoms. The van der Waals surface area contributed by atoms with Crippen molar-refractivity contribution < 1.29 is 4.79 Å². The van der Waals surface area contributed by atoms with Gasteiger partial charge in [-0.25, -0.2) is 0 Å². The van der Waals surface area contributed by atoms with Gasteiger partial charge in [0.05, 0.1) is 0 Å². The average Bonchev–Trinajstić information content (AvgIpc) is 1.63. The van der Waals surface area contributed by atoms with Gasteiger partial charge in [-0.05, 0) is 31.4 Å². The zero-order valence-electron chi connectivity index (χ0n) is 5.36. The normalized spacial score (nSPS) is 13.2. The molecule has 1 atom stereocenters. The smallest absolute Gasteiger partial charge is 0.221 e. The highest BCUT2D eigenvalue weighted by Gasteiger charge is 1.98. The van der Waals surface area contributed by atoms with Gasteiger partial charge < -0.3 is 0 Å². The predicted molar refractivity (Wildman–Crippen MR) is 40.0 cm³/mol. The molecule has 0 aromatic rings. The summed E-state index contributed by atoms with van der Waals surface area (Å²) in [6, 6.07) is 0. The lowest BCUT2D eigenvalue weighted by atomic mass is 10.2. The van der Waals surface area contributed by atoms with Gasteiger partial charge in [-0.1, -0.05) is 0 Å². The molecule has 0 aromatic carbocycles. The monoisotopic (exact) mass is 168 g/mol. The predicted octanol–water partition coefficient (Wildman–Crippen LogP) is 2.55. The molecule has 0 aromatic heterocycles. The summed E-state index contributed by atoms with van der Waals surface area (Å²) in [5.74, 6) is 0. The Balaban J connectivity index is 3.01. The maximum atomic E-state index is 10.1. The Labute approximate surface area is 65.3 Å². The van der Waals surface area contributed by atoms with Crippen molar-refractivity contribution in [2.45, 2.75) is 31.6 Å². The minimum absolute atomic E-state index is 0.154. The Hall–Kier alpha value is 0.250. The maximum absolute atomic E-state index is 10.1. The Bertz CT molecular complexity index is 91.1. The average molecular weight is 169 g/mol. The maximum Gasteiger partial charge on any atom is 0.221 e. The first kappa shape index (κ1) is 9.25. The molecule has 0 saturated carbocycles. The summed E-state index contributed by atoms with van der Waals surface area (Å²) in [5, 5.41) is -0.117. The van der Waals surface area contributed by atoms with Gasteiger partial charge in [-0.15, -0.1) is 11.6 Å². The van der Waals surface area contributed by atoms with Crippen LogP contribution in [0.15, 0.2) is 0 Å². The van der Waals surface area contributed by atoms with E-state index in [4.69, 9.17) is 23.2 Å². The standard InChI is InChI=1S/C6H10Cl2O/c1-5(7)3-2-4-6(8)9/h5H,2-4H2,1H3/t5-/m0/s1. The topological polar surface area (TPSA) is 17.1 Å². The molecule has 0 aliphatic heterocycles. The number of alkyl halides is 1. The molecule has 0 fully saturated rings. The van der Waals surface area contributed by atoms with Crippen molar-refractivity contribution in [2.24, 2.45) is 0 Å². The number of carbonyl (C=O) groups excluding carboxylic acids is 1. The van der Waals surface area contributed by atoms with Gasteiger partial charge in [0.15, 0.2) is 0 Å². The van der Waals surface area contributed by atoms with Crippen LogP contribution in [0.4, 0.5) is 0 Å². The van der Waals surface area contributed by atoms with Gasteiger partial charge in [0.1, 0.15) is 0 Å². The number of halogens is 2. The van der Waals surface area contributed by atoms with Crippen molar-refractivity contribution in [3.05, 3.63) is 0 Å². The lowest BCUT2D eigenvalue weighted by molar-refractivity contribution is -0.111. The van der Waals surface area contributed by atoms with E-state index in [1.54, 1.807) is 0 Å². The summed E-state index contributed by atoms with van der Waals surface area (Å²) < 4.78 is 0. The Morgan fingerprint density at radius 2 is 2.22 bits per heavy atom. The fourth-order valence-corrected chi connectivity index (χ4v) is 0.810. The highest BCUT2D eigenvalue weighted by molar-refractivity contribution is 6.63. The lowest BCUT2D eigenvalue weighted by Crippen LogP contribution is -1.92. The van der Waals surface area contributed by atoms with Crippen molar-refractivity contribution in [1.29, 1.82) is 0 Å². The van der Waals surface area contributed by atoms with Crippen LogP contribution < -0.4 is 0 Å². The van der Waals surface area contributed by atoms with Crippen molar-refractivity contribution in [3.8, 4) is 0 Å². The molecule has 0 N–H and O–H groups in total. The van der Waals surface area contributed by atoms with E-state index < -0.39 is 0 Å². The first-order valence-electron chi connectivity index (χ1n) is 2.95. The SMILES string of the molecule is C[C@H](Cl)CCCC(=O)Cl. The van der Waals surface area contributed by atoms with E-state index in [0.29, 0.717) is 6.42 Å². The second-order valence-electron chi connectivity index (χ2n) is 2.03. The Morgan fingerprint density at radius 1 is 1.67 bits per heavy atom. The zero-order valence-corrected chi connectivity index (χ0v) is 6.87. The summed E-state index contributed by atoms with van der Waals surface area (Å²) in [7, 11) is 0. The van der Waals surface area contributed by atoms with Gasteiger partial charge in [0.2, 0.25) is 5.24 Å². The van der Waals surface area contributed by atoms with Crippen LogP contribution >= 0.6 is 23.2 Å². The van der Waals surface area contributed by atoms with Crippen molar-refractivity contribution in [3.63, 3.8) is 0 Å². The molecule has 0 saturated heterocycles. The number of hydrogen-bond acceptors (Lipinski definition) is 1. The molecule has 0 aliphatic carbocycles. The van der Waals surface area contributed by atoms with Crippen LogP contribution in [0.2, 0.25) is 0 Å². The zero-order chi connectivity index (χ0) is 7.28. The third kappa shape index (κ3) is 8.25. The summed E-state index contributed by atoms with van der Waals surface area (Å²) in [5.41, 5.74) is 0. The summed E-state index contributed by atoms with van der Waals surface area (Å²) in [6.07, 6.45) is 2.10. The van der Waals surface area contributed by atoms with Gasteiger partial charge in [0, 0.05) is 11.8 Å². The molecule has 54 valence electrons. The minimum atomic E-state index is -0.271. The van der Waals surface area contributed by atoms with Crippen molar-refractivity contribution in [2.75, 3.05) is 0 Å². The van der Waals surface area contributed by atoms with Gasteiger partial charge in [-0.3, -0.25) is 4.79 Å². The third-order valence-corrected chi connectivity index (χ3v) is 1.38. The highest BCUT2D eigenvalue weighted by Crippen LogP contribution is 2.06. The highest BCUT2D eigenvalue weighted by atomic mass is 35.5. The number of hydrogen-bond donors (Lipinski definition) is 0. The van der Waals surface area contributed by atoms with E-state index in [2.05, 4.69) is 0 Å². The molecule has 0 amide bonds. The first-order chi connectivity index (χ1) is 4.13. The van der Waals surface area contributed by atoms with Crippen LogP contribution in [0.1, 0.15) is 26.2 Å². The number of carbonyl (C=O) groups is 1. The molecule has 9 heavy (non-hydrogen) atoms. The molecule has 0 bridgehead atoms. The van der Waals surface area contributed by atoms with Crippen LogP contribution in [-0.4, -0.2) is 10.6 Å². The molecule has 3 heteroatoms. The fraction of sp³-hybridized carbons (Fsp3) is 0.833. The largest absolute Gasteiger partial charge is 0.281 e. The molecule has 0 rings (SSSR count). The molecular weight excluding hydrogens is 159 g/mol. The first-order valence-corrected chi connectivity index (χ1v) is 3.76. The third-order valence-electron chi connectivity index (χ3n) is 0.975. The second kappa shape index (κ2) is 5.07. The molecular formula is C6H10Cl2O. The van der Waals surface area contributed by atoms with Crippen LogP contribution in [0.5, 0.6) is 0 Å². The van der Waals surface area contributed by atoms with E-state index in [9.17, 15) is 4.79 Å². The lowest BCUT2D eigenvalue weighted by Gasteiger charge is -1.97. The molecule has 1 nitrogen and oxygen atoms in total. The molecule has 0 heterocycles. The van der Waals surface area contributed by atoms with Gasteiger partial charge in [0.25, 0.3) is 0 Å². The van der Waals surface area contributed by atoms with E-state index >= 15 is 0 Å². The summed E-state index contributed by atoms with van der Waals surface area (Å²) in [4.78, 5) is 10.1. The Morgan fingerprint density at radius 3 is 2.56 bits per heavy atom. The van der Waals surface area contributed by atoms with Crippen molar-refractivity contribution >= 4 is 28.4 Å². The summed E-state index contributed by atoms with van der Waals surface area (Å²) in [6.45, 7) is 1.90. The van der Waals surface area contributed by atoms with Gasteiger partial charge in [-0.2, -0.15) is 0 Å².